The van der Waals surface area contributed by atoms with Gasteiger partial charge in [-0.3, -0.25) is 4.79 Å². The third-order valence-corrected chi connectivity index (χ3v) is 7.78. The number of β-amino-alcohol motifs (C(OH)–C–C–N with tert-alkyl or cyclic N) is 1. The number of carbonyl (C=O) groups excluding carboxylic acids is 2. The molecule has 37 heavy (non-hydrogen) atoms. The Kier molecular flexibility index (Phi) is 9.80. The van der Waals surface area contributed by atoms with Crippen LogP contribution >= 0.6 is 46.4 Å². The summed E-state index contributed by atoms with van der Waals surface area (Å²) in [6.45, 7) is 0.655. The Morgan fingerprint density at radius 1 is 0.973 bits per heavy atom. The molecule has 0 aliphatic carbocycles. The first-order valence-electron chi connectivity index (χ1n) is 11.8. The summed E-state index contributed by atoms with van der Waals surface area (Å²) in [4.78, 5) is 27.4. The van der Waals surface area contributed by atoms with Crippen molar-refractivity contribution in [3.63, 3.8) is 0 Å². The van der Waals surface area contributed by atoms with E-state index in [0.717, 1.165) is 5.56 Å². The number of aliphatic hydroxyl groups excluding tert-OH is 1. The minimum absolute atomic E-state index is 0.0674. The van der Waals surface area contributed by atoms with Crippen LogP contribution in [0.2, 0.25) is 20.1 Å². The summed E-state index contributed by atoms with van der Waals surface area (Å²) in [5.74, 6) is -0.161. The highest BCUT2D eigenvalue weighted by Crippen LogP contribution is 2.30. The molecule has 8 nitrogen and oxygen atoms in total. The van der Waals surface area contributed by atoms with Crippen molar-refractivity contribution in [2.45, 2.75) is 50.2 Å². The van der Waals surface area contributed by atoms with Gasteiger partial charge in [0.2, 0.25) is 5.91 Å². The lowest BCUT2D eigenvalue weighted by Crippen LogP contribution is -2.58. The van der Waals surface area contributed by atoms with Crippen LogP contribution in [0.5, 0.6) is 0 Å². The molecule has 2 aromatic carbocycles. The highest BCUT2D eigenvalue weighted by molar-refractivity contribution is 6.42. The molecule has 0 radical (unpaired) electrons. The Balaban J connectivity index is 1.36. The third-order valence-electron chi connectivity index (χ3n) is 6.30. The number of fused-ring (bicyclic) bond motifs is 1. The van der Waals surface area contributed by atoms with Crippen LogP contribution in [0.1, 0.15) is 24.8 Å². The van der Waals surface area contributed by atoms with Crippen molar-refractivity contribution in [2.75, 3.05) is 25.1 Å². The number of hydrogen-bond acceptors (Lipinski definition) is 5. The molecule has 3 amide bonds. The van der Waals surface area contributed by atoms with Gasteiger partial charge in [-0.2, -0.15) is 0 Å². The average Bonchev–Trinajstić information content (AvgIpc) is 2.85. The van der Waals surface area contributed by atoms with Crippen molar-refractivity contribution in [1.82, 2.24) is 10.2 Å². The van der Waals surface area contributed by atoms with E-state index >= 15 is 0 Å². The van der Waals surface area contributed by atoms with Crippen LogP contribution in [0.15, 0.2) is 36.4 Å². The third kappa shape index (κ3) is 7.63. The molecular formula is C25H27Cl4N3O5. The minimum atomic E-state index is -0.842. The maximum Gasteiger partial charge on any atom is 0.322 e. The van der Waals surface area contributed by atoms with E-state index in [4.69, 9.17) is 55.9 Å². The quantitative estimate of drug-likeness (QED) is 0.447. The van der Waals surface area contributed by atoms with E-state index in [-0.39, 0.29) is 44.2 Å². The van der Waals surface area contributed by atoms with Gasteiger partial charge < -0.3 is 30.1 Å². The molecular weight excluding hydrogens is 564 g/mol. The standard InChI is InChI=1S/C25H27Cl4N3O5/c26-18-4-1-14(7-20(18)28)10-30-24(34)9-17-3-6-22-23(37-17)13-36-12-16(33)11-32(22)25(35)31-15-2-5-19(27)21(29)8-15/h1-2,4-5,7-8,16-17,22-23,33H,3,6,9-13H2,(H,30,34)(H,31,35)/t16-,17-,22+,23-/m0/s1. The molecule has 0 unspecified atom stereocenters. The lowest BCUT2D eigenvalue weighted by Gasteiger charge is -2.44. The van der Waals surface area contributed by atoms with Crippen molar-refractivity contribution in [2.24, 2.45) is 0 Å². The number of carbonyl (C=O) groups is 2. The monoisotopic (exact) mass is 589 g/mol. The zero-order valence-electron chi connectivity index (χ0n) is 19.8. The molecule has 2 heterocycles. The number of halogens is 4. The largest absolute Gasteiger partial charge is 0.389 e. The molecule has 2 saturated heterocycles. The van der Waals surface area contributed by atoms with E-state index in [9.17, 15) is 14.7 Å². The van der Waals surface area contributed by atoms with Crippen LogP contribution in [-0.4, -0.2) is 66.1 Å². The number of amides is 3. The molecule has 0 saturated carbocycles. The summed E-state index contributed by atoms with van der Waals surface area (Å²) in [5, 5.41) is 17.6. The van der Waals surface area contributed by atoms with E-state index < -0.39 is 18.2 Å². The summed E-state index contributed by atoms with van der Waals surface area (Å²) >= 11 is 24.0. The number of rotatable bonds is 5. The van der Waals surface area contributed by atoms with Crippen LogP contribution < -0.4 is 10.6 Å². The van der Waals surface area contributed by atoms with Crippen molar-refractivity contribution in [3.8, 4) is 0 Å². The topological polar surface area (TPSA) is 100 Å². The molecule has 2 fully saturated rings. The average molecular weight is 591 g/mol. The first-order chi connectivity index (χ1) is 17.7. The van der Waals surface area contributed by atoms with Gasteiger partial charge in [0, 0.05) is 12.2 Å². The lowest BCUT2D eigenvalue weighted by atomic mass is 9.95. The number of ether oxygens (including phenoxy) is 2. The van der Waals surface area contributed by atoms with E-state index in [1.807, 2.05) is 0 Å². The van der Waals surface area contributed by atoms with E-state index in [0.29, 0.717) is 45.2 Å². The van der Waals surface area contributed by atoms with Crippen LogP contribution in [-0.2, 0) is 20.8 Å². The number of hydrogen-bond donors (Lipinski definition) is 3. The number of urea groups is 1. The Hall–Kier alpha value is -1.78. The normalized spacial score (nSPS) is 24.0. The van der Waals surface area contributed by atoms with E-state index in [1.54, 1.807) is 41.3 Å². The molecule has 12 heteroatoms. The van der Waals surface area contributed by atoms with Crippen molar-refractivity contribution >= 4 is 64.0 Å². The fourth-order valence-electron chi connectivity index (χ4n) is 4.47. The van der Waals surface area contributed by atoms with Gasteiger partial charge in [-0.1, -0.05) is 52.5 Å². The zero-order chi connectivity index (χ0) is 26.5. The van der Waals surface area contributed by atoms with E-state index in [2.05, 4.69) is 10.6 Å². The molecule has 2 aliphatic rings. The number of benzene rings is 2. The first kappa shape index (κ1) is 28.2. The summed E-state index contributed by atoms with van der Waals surface area (Å²) in [6, 6.07) is 9.27. The summed E-state index contributed by atoms with van der Waals surface area (Å²) in [5.41, 5.74) is 1.32. The van der Waals surface area contributed by atoms with Gasteiger partial charge in [0.25, 0.3) is 0 Å². The summed E-state index contributed by atoms with van der Waals surface area (Å²) in [7, 11) is 0. The predicted octanol–water partition coefficient (Wildman–Crippen LogP) is 5.15. The fraction of sp³-hybridized carbons (Fsp3) is 0.440. The van der Waals surface area contributed by atoms with Crippen molar-refractivity contribution in [1.29, 1.82) is 0 Å². The molecule has 2 aliphatic heterocycles. The SMILES string of the molecule is O=C(C[C@@H]1CC[C@@H]2[C@H](COC[C@@H](O)CN2C(=O)Nc2ccc(Cl)c(Cl)c2)O1)NCc1ccc(Cl)c(Cl)c1. The first-order valence-corrected chi connectivity index (χ1v) is 13.4. The number of aliphatic hydroxyl groups is 1. The zero-order valence-corrected chi connectivity index (χ0v) is 22.8. The van der Waals surface area contributed by atoms with Gasteiger partial charge in [0.05, 0.1) is 64.5 Å². The number of nitrogens with one attached hydrogen (secondary N) is 2. The predicted molar refractivity (Wildman–Crippen MR) is 144 cm³/mol. The van der Waals surface area contributed by atoms with Gasteiger partial charge in [0.15, 0.2) is 0 Å². The summed E-state index contributed by atoms with van der Waals surface area (Å²) in [6.07, 6.45) is -0.307. The Morgan fingerprint density at radius 3 is 2.43 bits per heavy atom. The fourth-order valence-corrected chi connectivity index (χ4v) is 5.09. The van der Waals surface area contributed by atoms with Crippen LogP contribution in [0, 0.1) is 0 Å². The van der Waals surface area contributed by atoms with Crippen molar-refractivity contribution < 1.29 is 24.2 Å². The molecule has 0 aromatic heterocycles. The van der Waals surface area contributed by atoms with Crippen LogP contribution in [0.25, 0.3) is 0 Å². The lowest BCUT2D eigenvalue weighted by molar-refractivity contribution is -0.149. The molecule has 4 rings (SSSR count). The molecule has 0 bridgehead atoms. The number of anilines is 1. The van der Waals surface area contributed by atoms with Gasteiger partial charge in [0.1, 0.15) is 6.10 Å². The molecule has 2 aromatic rings. The van der Waals surface area contributed by atoms with Crippen LogP contribution in [0.3, 0.4) is 0 Å². The Bertz CT molecular complexity index is 1140. The van der Waals surface area contributed by atoms with Gasteiger partial charge in [-0.05, 0) is 48.7 Å². The van der Waals surface area contributed by atoms with E-state index in [1.165, 1.54) is 0 Å². The number of nitrogens with zero attached hydrogens (tertiary/aromatic N) is 1. The Labute approximate surface area is 235 Å². The second-order valence-corrected chi connectivity index (χ2v) is 10.7. The minimum Gasteiger partial charge on any atom is -0.389 e. The van der Waals surface area contributed by atoms with Crippen LogP contribution in [0.4, 0.5) is 10.5 Å². The molecule has 200 valence electrons. The second kappa shape index (κ2) is 12.8. The maximum absolute atomic E-state index is 13.2. The molecule has 4 atom stereocenters. The van der Waals surface area contributed by atoms with Gasteiger partial charge in [-0.25, -0.2) is 4.79 Å². The second-order valence-electron chi connectivity index (χ2n) is 9.07. The Morgan fingerprint density at radius 2 is 1.70 bits per heavy atom. The van der Waals surface area contributed by atoms with Gasteiger partial charge >= 0.3 is 6.03 Å². The smallest absolute Gasteiger partial charge is 0.322 e. The van der Waals surface area contributed by atoms with Crippen molar-refractivity contribution in [3.05, 3.63) is 62.1 Å². The van der Waals surface area contributed by atoms with Gasteiger partial charge in [-0.15, -0.1) is 0 Å². The molecule has 3 N–H and O–H groups in total. The highest BCUT2D eigenvalue weighted by atomic mass is 35.5. The highest BCUT2D eigenvalue weighted by Gasteiger charge is 2.40. The maximum atomic E-state index is 13.2. The summed E-state index contributed by atoms with van der Waals surface area (Å²) < 4.78 is 11.8. The molecule has 0 spiro atoms.